The molecule has 0 aliphatic heterocycles. The number of hydrogen-bond donors (Lipinski definition) is 0. The Kier molecular flexibility index (Phi) is 3.83. The molecule has 84 valence electrons. The number of allylic oxidation sites excluding steroid dienone is 2. The van der Waals surface area contributed by atoms with Gasteiger partial charge in [0.1, 0.15) is 0 Å². The van der Waals surface area contributed by atoms with Crippen molar-refractivity contribution in [1.29, 1.82) is 0 Å². The molecule has 0 saturated heterocycles. The minimum Gasteiger partial charge on any atom is -0.295 e. The fourth-order valence-electron chi connectivity index (χ4n) is 1.92. The van der Waals surface area contributed by atoms with Gasteiger partial charge in [-0.05, 0) is 31.3 Å². The lowest BCUT2D eigenvalue weighted by Gasteiger charge is -2.21. The van der Waals surface area contributed by atoms with Gasteiger partial charge in [0.15, 0.2) is 11.6 Å². The summed E-state index contributed by atoms with van der Waals surface area (Å²) in [6.45, 7) is 7.91. The fraction of sp³-hybridized carbons (Fsp3) is 0.692. The van der Waals surface area contributed by atoms with Crippen molar-refractivity contribution in [3.8, 4) is 0 Å². The van der Waals surface area contributed by atoms with Gasteiger partial charge in [-0.25, -0.2) is 0 Å². The SMILES string of the molecule is CC1=C(CCC(C)C)C(=O)C(C)CC1=O. The second-order valence-electron chi connectivity index (χ2n) is 4.93. The van der Waals surface area contributed by atoms with E-state index in [1.807, 2.05) is 6.92 Å². The number of carbonyl (C=O) groups is 2. The predicted octanol–water partition coefficient (Wildman–Crippen LogP) is 2.92. The second-order valence-corrected chi connectivity index (χ2v) is 4.93. The highest BCUT2D eigenvalue weighted by molar-refractivity contribution is 6.12. The standard InChI is InChI=1S/C13H20O2/c1-8(2)5-6-11-10(4)12(14)7-9(3)13(11)15/h8-9H,5-7H2,1-4H3. The van der Waals surface area contributed by atoms with Crippen LogP contribution >= 0.6 is 0 Å². The molecular formula is C13H20O2. The Labute approximate surface area is 91.7 Å². The molecule has 0 heterocycles. The lowest BCUT2D eigenvalue weighted by atomic mass is 9.81. The van der Waals surface area contributed by atoms with Gasteiger partial charge in [0.2, 0.25) is 0 Å². The van der Waals surface area contributed by atoms with Gasteiger partial charge in [-0.1, -0.05) is 20.8 Å². The number of rotatable bonds is 3. The zero-order valence-electron chi connectivity index (χ0n) is 10.1. The fourth-order valence-corrected chi connectivity index (χ4v) is 1.92. The number of hydrogen-bond acceptors (Lipinski definition) is 2. The molecule has 1 aliphatic rings. The van der Waals surface area contributed by atoms with Gasteiger partial charge in [0.05, 0.1) is 0 Å². The normalized spacial score (nSPS) is 22.9. The minimum atomic E-state index is -0.108. The topological polar surface area (TPSA) is 34.1 Å². The number of Topliss-reactive ketones (excluding diaryl/α,β-unsaturated/α-hetero) is 2. The first-order chi connectivity index (χ1) is 6.93. The molecule has 1 atom stereocenters. The lowest BCUT2D eigenvalue weighted by molar-refractivity contribution is -0.125. The van der Waals surface area contributed by atoms with Crippen LogP contribution in [0, 0.1) is 11.8 Å². The van der Waals surface area contributed by atoms with Crippen molar-refractivity contribution in [3.05, 3.63) is 11.1 Å². The average Bonchev–Trinajstić information content (AvgIpc) is 2.14. The molecule has 0 fully saturated rings. The summed E-state index contributed by atoms with van der Waals surface area (Å²) in [4.78, 5) is 23.5. The quantitative estimate of drug-likeness (QED) is 0.714. The van der Waals surface area contributed by atoms with E-state index in [1.54, 1.807) is 6.92 Å². The first-order valence-electron chi connectivity index (χ1n) is 5.70. The van der Waals surface area contributed by atoms with Gasteiger partial charge in [-0.15, -0.1) is 0 Å². The van der Waals surface area contributed by atoms with Crippen molar-refractivity contribution >= 4 is 11.6 Å². The van der Waals surface area contributed by atoms with Crippen molar-refractivity contribution < 1.29 is 9.59 Å². The van der Waals surface area contributed by atoms with Crippen molar-refractivity contribution in [2.24, 2.45) is 11.8 Å². The van der Waals surface area contributed by atoms with Gasteiger partial charge < -0.3 is 0 Å². The smallest absolute Gasteiger partial charge is 0.162 e. The highest BCUT2D eigenvalue weighted by atomic mass is 16.1. The summed E-state index contributed by atoms with van der Waals surface area (Å²) in [6.07, 6.45) is 2.15. The molecular weight excluding hydrogens is 188 g/mol. The van der Waals surface area contributed by atoms with Gasteiger partial charge in [0, 0.05) is 17.9 Å². The third-order valence-corrected chi connectivity index (χ3v) is 3.08. The summed E-state index contributed by atoms with van der Waals surface area (Å²) in [5, 5.41) is 0. The molecule has 0 saturated carbocycles. The second kappa shape index (κ2) is 4.73. The van der Waals surface area contributed by atoms with Crippen molar-refractivity contribution in [2.45, 2.75) is 47.0 Å². The van der Waals surface area contributed by atoms with Crippen LogP contribution in [0.1, 0.15) is 47.0 Å². The molecule has 0 radical (unpaired) electrons. The third kappa shape index (κ3) is 2.77. The number of ketones is 2. The van der Waals surface area contributed by atoms with E-state index in [1.165, 1.54) is 0 Å². The Balaban J connectivity index is 2.85. The molecule has 2 heteroatoms. The third-order valence-electron chi connectivity index (χ3n) is 3.08. The molecule has 1 aliphatic carbocycles. The van der Waals surface area contributed by atoms with Gasteiger partial charge in [-0.2, -0.15) is 0 Å². The maximum Gasteiger partial charge on any atom is 0.162 e. The van der Waals surface area contributed by atoms with E-state index in [0.29, 0.717) is 17.9 Å². The summed E-state index contributed by atoms with van der Waals surface area (Å²) in [7, 11) is 0. The molecule has 0 aromatic carbocycles. The molecule has 0 spiro atoms. The molecule has 2 nitrogen and oxygen atoms in total. The van der Waals surface area contributed by atoms with E-state index in [2.05, 4.69) is 13.8 Å². The summed E-state index contributed by atoms with van der Waals surface area (Å²) >= 11 is 0. The Morgan fingerprint density at radius 2 is 1.93 bits per heavy atom. The van der Waals surface area contributed by atoms with Crippen molar-refractivity contribution in [2.75, 3.05) is 0 Å². The van der Waals surface area contributed by atoms with Crippen molar-refractivity contribution in [1.82, 2.24) is 0 Å². The summed E-state index contributed by atoms with van der Waals surface area (Å²) in [5.74, 6) is 0.808. The molecule has 0 aromatic rings. The molecule has 1 rings (SSSR count). The van der Waals surface area contributed by atoms with Gasteiger partial charge >= 0.3 is 0 Å². The highest BCUT2D eigenvalue weighted by Crippen LogP contribution is 2.27. The van der Waals surface area contributed by atoms with Crippen LogP contribution in [-0.2, 0) is 9.59 Å². The van der Waals surface area contributed by atoms with Crippen LogP contribution < -0.4 is 0 Å². The van der Waals surface area contributed by atoms with E-state index in [0.717, 1.165) is 18.4 Å². The zero-order valence-corrected chi connectivity index (χ0v) is 10.1. The largest absolute Gasteiger partial charge is 0.295 e. The van der Waals surface area contributed by atoms with Crippen LogP contribution in [0.2, 0.25) is 0 Å². The molecule has 0 aromatic heterocycles. The van der Waals surface area contributed by atoms with E-state index in [4.69, 9.17) is 0 Å². The maximum absolute atomic E-state index is 11.9. The lowest BCUT2D eigenvalue weighted by Crippen LogP contribution is -2.26. The van der Waals surface area contributed by atoms with Crippen LogP contribution in [0.4, 0.5) is 0 Å². The van der Waals surface area contributed by atoms with Crippen LogP contribution in [-0.4, -0.2) is 11.6 Å². The molecule has 1 unspecified atom stereocenters. The monoisotopic (exact) mass is 208 g/mol. The van der Waals surface area contributed by atoms with Crippen LogP contribution in [0.5, 0.6) is 0 Å². The Bertz CT molecular complexity index is 310. The highest BCUT2D eigenvalue weighted by Gasteiger charge is 2.29. The average molecular weight is 208 g/mol. The van der Waals surface area contributed by atoms with Crippen molar-refractivity contribution in [3.63, 3.8) is 0 Å². The minimum absolute atomic E-state index is 0.108. The number of carbonyl (C=O) groups excluding carboxylic acids is 2. The zero-order chi connectivity index (χ0) is 11.6. The predicted molar refractivity (Wildman–Crippen MR) is 60.6 cm³/mol. The Morgan fingerprint density at radius 3 is 2.47 bits per heavy atom. The molecule has 0 N–H and O–H groups in total. The van der Waals surface area contributed by atoms with E-state index in [9.17, 15) is 9.59 Å². The first kappa shape index (κ1) is 12.2. The van der Waals surface area contributed by atoms with E-state index >= 15 is 0 Å². The molecule has 15 heavy (non-hydrogen) atoms. The van der Waals surface area contributed by atoms with Gasteiger partial charge in [-0.3, -0.25) is 9.59 Å². The molecule has 0 amide bonds. The van der Waals surface area contributed by atoms with Crippen LogP contribution in [0.25, 0.3) is 0 Å². The van der Waals surface area contributed by atoms with Crippen LogP contribution in [0.3, 0.4) is 0 Å². The maximum atomic E-state index is 11.9. The summed E-state index contributed by atoms with van der Waals surface area (Å²) < 4.78 is 0. The van der Waals surface area contributed by atoms with E-state index in [-0.39, 0.29) is 17.5 Å². The Morgan fingerprint density at radius 1 is 1.33 bits per heavy atom. The molecule has 0 bridgehead atoms. The summed E-state index contributed by atoms with van der Waals surface area (Å²) in [5.41, 5.74) is 1.49. The van der Waals surface area contributed by atoms with Crippen LogP contribution in [0.15, 0.2) is 11.1 Å². The Hall–Kier alpha value is -0.920. The summed E-state index contributed by atoms with van der Waals surface area (Å²) in [6, 6.07) is 0. The van der Waals surface area contributed by atoms with Gasteiger partial charge in [0.25, 0.3) is 0 Å². The van der Waals surface area contributed by atoms with E-state index < -0.39 is 0 Å². The first-order valence-corrected chi connectivity index (χ1v) is 5.70.